The first kappa shape index (κ1) is 14.8. The summed E-state index contributed by atoms with van der Waals surface area (Å²) in [5.74, 6) is 0.731. The fraction of sp³-hybridized carbons (Fsp3) is 0.417. The van der Waals surface area contributed by atoms with E-state index in [1.807, 2.05) is 30.5 Å². The SMILES string of the molecule is CCn1cnnc1CNC(=O)N[C@@H](C)c1ccc(Cl)s1. The lowest BCUT2D eigenvalue weighted by molar-refractivity contribution is 0.237. The summed E-state index contributed by atoms with van der Waals surface area (Å²) in [5, 5.41) is 13.4. The van der Waals surface area contributed by atoms with Crippen LogP contribution in [-0.4, -0.2) is 20.8 Å². The average molecular weight is 314 g/mol. The number of hydrogen-bond donors (Lipinski definition) is 2. The molecular weight excluding hydrogens is 298 g/mol. The Hall–Kier alpha value is -1.60. The van der Waals surface area contributed by atoms with Crippen LogP contribution in [0.2, 0.25) is 4.34 Å². The normalized spacial score (nSPS) is 12.2. The van der Waals surface area contributed by atoms with Gasteiger partial charge in [0, 0.05) is 11.4 Å². The molecule has 0 aliphatic heterocycles. The summed E-state index contributed by atoms with van der Waals surface area (Å²) in [5.41, 5.74) is 0. The van der Waals surface area contributed by atoms with Gasteiger partial charge in [0.15, 0.2) is 5.82 Å². The molecule has 6 nitrogen and oxygen atoms in total. The fourth-order valence-electron chi connectivity index (χ4n) is 1.72. The minimum atomic E-state index is -0.243. The second kappa shape index (κ2) is 6.71. The molecule has 2 heterocycles. The van der Waals surface area contributed by atoms with Crippen molar-refractivity contribution in [3.05, 3.63) is 33.5 Å². The molecule has 20 heavy (non-hydrogen) atoms. The first-order chi connectivity index (χ1) is 9.60. The minimum Gasteiger partial charge on any atom is -0.331 e. The average Bonchev–Trinajstić information content (AvgIpc) is 3.04. The zero-order valence-corrected chi connectivity index (χ0v) is 12.8. The van der Waals surface area contributed by atoms with Crippen molar-refractivity contribution in [1.82, 2.24) is 25.4 Å². The maximum Gasteiger partial charge on any atom is 0.315 e. The van der Waals surface area contributed by atoms with Gasteiger partial charge in [-0.15, -0.1) is 21.5 Å². The Morgan fingerprint density at radius 2 is 2.35 bits per heavy atom. The maximum atomic E-state index is 11.8. The van der Waals surface area contributed by atoms with Crippen LogP contribution in [0.25, 0.3) is 0 Å². The number of amides is 2. The van der Waals surface area contributed by atoms with Crippen LogP contribution in [0.3, 0.4) is 0 Å². The molecule has 0 aromatic carbocycles. The second-order valence-electron chi connectivity index (χ2n) is 4.22. The zero-order chi connectivity index (χ0) is 14.5. The van der Waals surface area contributed by atoms with Crippen molar-refractivity contribution in [3.63, 3.8) is 0 Å². The number of nitrogens with one attached hydrogen (secondary N) is 2. The van der Waals surface area contributed by atoms with Gasteiger partial charge in [-0.3, -0.25) is 0 Å². The van der Waals surface area contributed by atoms with Gasteiger partial charge in [0.2, 0.25) is 0 Å². The lowest BCUT2D eigenvalue weighted by Gasteiger charge is -2.13. The van der Waals surface area contributed by atoms with Crippen molar-refractivity contribution in [2.45, 2.75) is 33.0 Å². The lowest BCUT2D eigenvalue weighted by Crippen LogP contribution is -2.37. The summed E-state index contributed by atoms with van der Waals surface area (Å²) in [7, 11) is 0. The van der Waals surface area contributed by atoms with Crippen LogP contribution in [0.1, 0.15) is 30.6 Å². The van der Waals surface area contributed by atoms with Gasteiger partial charge < -0.3 is 15.2 Å². The maximum absolute atomic E-state index is 11.8. The van der Waals surface area contributed by atoms with E-state index >= 15 is 0 Å². The molecule has 1 atom stereocenters. The Morgan fingerprint density at radius 1 is 1.55 bits per heavy atom. The van der Waals surface area contributed by atoms with Gasteiger partial charge in [-0.25, -0.2) is 4.79 Å². The second-order valence-corrected chi connectivity index (χ2v) is 5.97. The number of nitrogens with zero attached hydrogens (tertiary/aromatic N) is 3. The fourth-order valence-corrected chi connectivity index (χ4v) is 2.78. The molecule has 8 heteroatoms. The predicted molar refractivity (Wildman–Crippen MR) is 78.8 cm³/mol. The molecular formula is C12H16ClN5OS. The molecule has 2 N–H and O–H groups in total. The summed E-state index contributed by atoms with van der Waals surface area (Å²) in [6.07, 6.45) is 1.64. The Kier molecular flexibility index (Phi) is 4.97. The summed E-state index contributed by atoms with van der Waals surface area (Å²) in [6.45, 7) is 5.03. The topological polar surface area (TPSA) is 71.8 Å². The van der Waals surface area contributed by atoms with E-state index in [9.17, 15) is 4.79 Å². The highest BCUT2D eigenvalue weighted by molar-refractivity contribution is 7.16. The van der Waals surface area contributed by atoms with Gasteiger partial charge in [-0.1, -0.05) is 11.6 Å². The molecule has 2 aromatic heterocycles. The molecule has 2 rings (SSSR count). The van der Waals surface area contributed by atoms with E-state index in [0.29, 0.717) is 10.9 Å². The molecule has 0 radical (unpaired) electrons. The molecule has 0 bridgehead atoms. The van der Waals surface area contributed by atoms with Gasteiger partial charge in [0.25, 0.3) is 0 Å². The Balaban J connectivity index is 1.83. The number of rotatable bonds is 5. The van der Waals surface area contributed by atoms with Crippen LogP contribution >= 0.6 is 22.9 Å². The van der Waals surface area contributed by atoms with Crippen molar-refractivity contribution in [3.8, 4) is 0 Å². The van der Waals surface area contributed by atoms with Crippen LogP contribution in [0, 0.1) is 0 Å². The van der Waals surface area contributed by atoms with E-state index in [1.54, 1.807) is 6.33 Å². The lowest BCUT2D eigenvalue weighted by atomic mass is 10.3. The third-order valence-electron chi connectivity index (χ3n) is 2.81. The van der Waals surface area contributed by atoms with Crippen molar-refractivity contribution in [2.75, 3.05) is 0 Å². The van der Waals surface area contributed by atoms with E-state index in [2.05, 4.69) is 20.8 Å². The first-order valence-corrected chi connectivity index (χ1v) is 7.46. The predicted octanol–water partition coefficient (Wildman–Crippen LogP) is 2.57. The van der Waals surface area contributed by atoms with Crippen molar-refractivity contribution in [1.29, 1.82) is 0 Å². The van der Waals surface area contributed by atoms with Gasteiger partial charge >= 0.3 is 6.03 Å². The van der Waals surface area contributed by atoms with Gasteiger partial charge in [0.05, 0.1) is 16.9 Å². The zero-order valence-electron chi connectivity index (χ0n) is 11.3. The quantitative estimate of drug-likeness (QED) is 0.891. The highest BCUT2D eigenvalue weighted by Gasteiger charge is 2.12. The van der Waals surface area contributed by atoms with Gasteiger partial charge in [-0.2, -0.15) is 0 Å². The third-order valence-corrected chi connectivity index (χ3v) is 4.23. The number of aryl methyl sites for hydroxylation is 1. The summed E-state index contributed by atoms with van der Waals surface area (Å²) in [4.78, 5) is 12.8. The van der Waals surface area contributed by atoms with Crippen LogP contribution in [0.5, 0.6) is 0 Å². The Labute approximate surface area is 126 Å². The number of hydrogen-bond acceptors (Lipinski definition) is 4. The van der Waals surface area contributed by atoms with E-state index in [-0.39, 0.29) is 12.1 Å². The van der Waals surface area contributed by atoms with Gasteiger partial charge in [0.1, 0.15) is 6.33 Å². The summed E-state index contributed by atoms with van der Waals surface area (Å²) >= 11 is 7.33. The van der Waals surface area contributed by atoms with Crippen molar-refractivity contribution >= 4 is 29.0 Å². The molecule has 0 aliphatic rings. The molecule has 0 saturated carbocycles. The van der Waals surface area contributed by atoms with Crippen molar-refractivity contribution < 1.29 is 4.79 Å². The molecule has 0 spiro atoms. The third kappa shape index (κ3) is 3.71. The van der Waals surface area contributed by atoms with Crippen LogP contribution in [-0.2, 0) is 13.1 Å². The summed E-state index contributed by atoms with van der Waals surface area (Å²) < 4.78 is 2.59. The monoisotopic (exact) mass is 313 g/mol. The Bertz CT molecular complexity index is 582. The largest absolute Gasteiger partial charge is 0.331 e. The van der Waals surface area contributed by atoms with E-state index in [4.69, 9.17) is 11.6 Å². The molecule has 2 aromatic rings. The highest BCUT2D eigenvalue weighted by Crippen LogP contribution is 2.26. The Morgan fingerprint density at radius 3 is 3.00 bits per heavy atom. The minimum absolute atomic E-state index is 0.0865. The van der Waals surface area contributed by atoms with E-state index in [1.165, 1.54) is 11.3 Å². The van der Waals surface area contributed by atoms with Crippen molar-refractivity contribution in [2.24, 2.45) is 0 Å². The van der Waals surface area contributed by atoms with E-state index in [0.717, 1.165) is 17.2 Å². The smallest absolute Gasteiger partial charge is 0.315 e. The molecule has 0 fully saturated rings. The first-order valence-electron chi connectivity index (χ1n) is 6.26. The summed E-state index contributed by atoms with van der Waals surface area (Å²) in [6, 6.07) is 3.40. The van der Waals surface area contributed by atoms with E-state index < -0.39 is 0 Å². The number of thiophene rings is 1. The number of halogens is 1. The molecule has 0 saturated heterocycles. The standard InChI is InChI=1S/C12H16ClN5OS/c1-3-18-7-15-17-11(18)6-14-12(19)16-8(2)9-4-5-10(13)20-9/h4-5,7-8H,3,6H2,1-2H3,(H2,14,16,19)/t8-/m0/s1. The molecule has 2 amide bonds. The van der Waals surface area contributed by atoms with Gasteiger partial charge in [-0.05, 0) is 26.0 Å². The van der Waals surface area contributed by atoms with Crippen LogP contribution < -0.4 is 10.6 Å². The van der Waals surface area contributed by atoms with Crippen LogP contribution in [0.15, 0.2) is 18.5 Å². The molecule has 108 valence electrons. The number of carbonyl (C=O) groups excluding carboxylic acids is 1. The number of aromatic nitrogens is 3. The number of urea groups is 1. The molecule has 0 unspecified atom stereocenters. The molecule has 0 aliphatic carbocycles. The highest BCUT2D eigenvalue weighted by atomic mass is 35.5. The number of carbonyl (C=O) groups is 1. The van der Waals surface area contributed by atoms with Crippen LogP contribution in [0.4, 0.5) is 4.79 Å².